The van der Waals surface area contributed by atoms with Crippen LogP contribution in [0, 0.1) is 5.92 Å². The normalized spacial score (nSPS) is 18.6. The molecule has 242 valence electrons. The van der Waals surface area contributed by atoms with Crippen LogP contribution in [0.5, 0.6) is 34.5 Å². The van der Waals surface area contributed by atoms with Gasteiger partial charge < -0.3 is 40.2 Å². The van der Waals surface area contributed by atoms with Crippen LogP contribution >= 0.6 is 0 Å². The summed E-state index contributed by atoms with van der Waals surface area (Å²) in [6.45, 7) is 5.78. The SMILES string of the molecule is CC(C)=CCc1c(O)ccc(C(O)C2C(c3c(O)cc(-c4cc5ccc(O)cc5o4)cc3O)C=C(C)CC2c2ccc(O)cc2)c1O. The van der Waals surface area contributed by atoms with E-state index in [9.17, 15) is 35.7 Å². The maximum absolute atomic E-state index is 12.2. The number of rotatable bonds is 7. The van der Waals surface area contributed by atoms with Crippen molar-refractivity contribution in [2.24, 2.45) is 5.92 Å². The van der Waals surface area contributed by atoms with Crippen LogP contribution in [0.2, 0.25) is 0 Å². The Hall–Kier alpha value is -5.34. The highest BCUT2D eigenvalue weighted by Crippen LogP contribution is 2.55. The molecule has 1 aliphatic rings. The van der Waals surface area contributed by atoms with Gasteiger partial charge in [0.2, 0.25) is 0 Å². The molecule has 0 bridgehead atoms. The minimum atomic E-state index is -1.30. The Balaban J connectivity index is 1.49. The molecule has 0 saturated heterocycles. The summed E-state index contributed by atoms with van der Waals surface area (Å²) in [7, 11) is 0. The molecule has 6 rings (SSSR count). The molecule has 5 aromatic rings. The first kappa shape index (κ1) is 31.6. The van der Waals surface area contributed by atoms with E-state index in [1.165, 1.54) is 30.3 Å². The average molecular weight is 635 g/mol. The number of phenols is 6. The van der Waals surface area contributed by atoms with E-state index in [4.69, 9.17) is 4.42 Å². The molecule has 4 aromatic carbocycles. The Morgan fingerprint density at radius 2 is 1.51 bits per heavy atom. The summed E-state index contributed by atoms with van der Waals surface area (Å²) >= 11 is 0. The van der Waals surface area contributed by atoms with E-state index in [1.54, 1.807) is 42.5 Å². The van der Waals surface area contributed by atoms with Crippen molar-refractivity contribution in [3.63, 3.8) is 0 Å². The number of aromatic hydroxyl groups is 6. The number of fused-ring (bicyclic) bond motifs is 1. The summed E-state index contributed by atoms with van der Waals surface area (Å²) in [5.74, 6) is -1.96. The van der Waals surface area contributed by atoms with E-state index >= 15 is 0 Å². The molecular weight excluding hydrogens is 596 g/mol. The second kappa shape index (κ2) is 12.5. The van der Waals surface area contributed by atoms with Crippen molar-refractivity contribution in [1.29, 1.82) is 0 Å². The van der Waals surface area contributed by atoms with Crippen molar-refractivity contribution >= 4 is 11.0 Å². The van der Waals surface area contributed by atoms with Crippen LogP contribution in [-0.2, 0) is 6.42 Å². The molecule has 0 saturated carbocycles. The van der Waals surface area contributed by atoms with Crippen molar-refractivity contribution in [2.75, 3.05) is 0 Å². The fraction of sp³-hybridized carbons (Fsp3) is 0.231. The lowest BCUT2D eigenvalue weighted by Gasteiger charge is -2.41. The largest absolute Gasteiger partial charge is 0.508 e. The van der Waals surface area contributed by atoms with E-state index < -0.39 is 17.9 Å². The molecule has 47 heavy (non-hydrogen) atoms. The van der Waals surface area contributed by atoms with E-state index in [0.717, 1.165) is 22.1 Å². The highest BCUT2D eigenvalue weighted by molar-refractivity contribution is 5.84. The number of hydrogen-bond acceptors (Lipinski definition) is 8. The molecule has 4 unspecified atom stereocenters. The van der Waals surface area contributed by atoms with Crippen LogP contribution in [0.4, 0.5) is 0 Å². The predicted octanol–water partition coefficient (Wildman–Crippen LogP) is 8.41. The van der Waals surface area contributed by atoms with Gasteiger partial charge in [0.15, 0.2) is 0 Å². The van der Waals surface area contributed by atoms with Gasteiger partial charge in [-0.15, -0.1) is 0 Å². The van der Waals surface area contributed by atoms with Crippen LogP contribution in [0.3, 0.4) is 0 Å². The standard InChI is InChI=1S/C39H38O8/c1-20(2)4-11-27-31(42)13-12-28(38(27)45)39(46)36-29(22-5-8-25(40)9-6-22)14-21(3)15-30(36)37-32(43)16-24(17-33(37)44)34-18-23-7-10-26(41)19-35(23)47-34/h4-10,12-13,15-19,29-30,36,39-46H,11,14H2,1-3H3. The Morgan fingerprint density at radius 3 is 2.19 bits per heavy atom. The van der Waals surface area contributed by atoms with Crippen molar-refractivity contribution in [3.8, 4) is 45.8 Å². The molecule has 0 fully saturated rings. The van der Waals surface area contributed by atoms with Crippen molar-refractivity contribution < 1.29 is 40.2 Å². The van der Waals surface area contributed by atoms with Gasteiger partial charge in [-0.3, -0.25) is 0 Å². The van der Waals surface area contributed by atoms with Crippen LogP contribution in [0.1, 0.15) is 67.4 Å². The third kappa shape index (κ3) is 6.12. The fourth-order valence-corrected chi connectivity index (χ4v) is 6.84. The first-order valence-electron chi connectivity index (χ1n) is 15.5. The molecule has 1 aromatic heterocycles. The van der Waals surface area contributed by atoms with Gasteiger partial charge in [0, 0.05) is 45.5 Å². The number of aliphatic hydroxyl groups is 1. The lowest BCUT2D eigenvalue weighted by molar-refractivity contribution is 0.0753. The Bertz CT molecular complexity index is 1990. The van der Waals surface area contributed by atoms with Gasteiger partial charge >= 0.3 is 0 Å². The summed E-state index contributed by atoms with van der Waals surface area (Å²) in [6, 6.07) is 19.2. The second-order valence-electron chi connectivity index (χ2n) is 12.7. The van der Waals surface area contributed by atoms with Gasteiger partial charge in [0.1, 0.15) is 45.8 Å². The van der Waals surface area contributed by atoms with Crippen LogP contribution in [-0.4, -0.2) is 35.7 Å². The molecular formula is C39H38O8. The summed E-state index contributed by atoms with van der Waals surface area (Å²) in [5.41, 5.74) is 4.38. The molecule has 0 radical (unpaired) electrons. The minimum Gasteiger partial charge on any atom is -0.508 e. The first-order valence-corrected chi connectivity index (χ1v) is 15.5. The van der Waals surface area contributed by atoms with Gasteiger partial charge in [-0.1, -0.05) is 35.4 Å². The predicted molar refractivity (Wildman–Crippen MR) is 180 cm³/mol. The van der Waals surface area contributed by atoms with Gasteiger partial charge in [0.25, 0.3) is 0 Å². The van der Waals surface area contributed by atoms with Gasteiger partial charge in [-0.05, 0) is 99.7 Å². The molecule has 8 nitrogen and oxygen atoms in total. The van der Waals surface area contributed by atoms with Gasteiger partial charge in [-0.25, -0.2) is 0 Å². The molecule has 0 spiro atoms. The van der Waals surface area contributed by atoms with Gasteiger partial charge in [-0.2, -0.15) is 0 Å². The average Bonchev–Trinajstić information content (AvgIpc) is 3.44. The van der Waals surface area contributed by atoms with Crippen LogP contribution < -0.4 is 0 Å². The Morgan fingerprint density at radius 1 is 0.830 bits per heavy atom. The maximum Gasteiger partial charge on any atom is 0.138 e. The summed E-state index contributed by atoms with van der Waals surface area (Å²) < 4.78 is 5.91. The summed E-state index contributed by atoms with van der Waals surface area (Å²) in [5, 5.41) is 77.9. The second-order valence-corrected chi connectivity index (χ2v) is 12.7. The topological polar surface area (TPSA) is 155 Å². The smallest absolute Gasteiger partial charge is 0.138 e. The molecule has 7 N–H and O–H groups in total. The number of allylic oxidation sites excluding steroid dienone is 4. The molecule has 0 aliphatic heterocycles. The maximum atomic E-state index is 12.2. The number of benzene rings is 4. The van der Waals surface area contributed by atoms with Crippen molar-refractivity contribution in [2.45, 2.75) is 51.6 Å². The van der Waals surface area contributed by atoms with Crippen molar-refractivity contribution in [1.82, 2.24) is 0 Å². The lowest BCUT2D eigenvalue weighted by Crippen LogP contribution is -2.30. The van der Waals surface area contributed by atoms with E-state index in [-0.39, 0.29) is 63.5 Å². The molecule has 1 heterocycles. The third-order valence-electron chi connectivity index (χ3n) is 9.15. The number of furan rings is 1. The van der Waals surface area contributed by atoms with E-state index in [1.807, 2.05) is 32.9 Å². The zero-order chi connectivity index (χ0) is 33.6. The number of hydrogen-bond donors (Lipinski definition) is 7. The first-order chi connectivity index (χ1) is 22.4. The monoisotopic (exact) mass is 634 g/mol. The molecule has 8 heteroatoms. The number of aliphatic hydroxyl groups excluding tert-OH is 1. The molecule has 4 atom stereocenters. The lowest BCUT2D eigenvalue weighted by atomic mass is 9.64. The molecule has 0 amide bonds. The zero-order valence-corrected chi connectivity index (χ0v) is 26.3. The number of phenolic OH excluding ortho intramolecular Hbond substituents is 6. The quantitative estimate of drug-likeness (QED) is 0.0881. The molecule has 1 aliphatic carbocycles. The highest BCUT2D eigenvalue weighted by atomic mass is 16.3. The van der Waals surface area contributed by atoms with E-state index in [2.05, 4.69) is 0 Å². The van der Waals surface area contributed by atoms with Crippen LogP contribution in [0.15, 0.2) is 101 Å². The third-order valence-corrected chi connectivity index (χ3v) is 9.15. The minimum absolute atomic E-state index is 0.0513. The Labute approximate surface area is 272 Å². The zero-order valence-electron chi connectivity index (χ0n) is 26.3. The summed E-state index contributed by atoms with van der Waals surface area (Å²) in [6.07, 6.45) is 3.31. The summed E-state index contributed by atoms with van der Waals surface area (Å²) in [4.78, 5) is 0. The van der Waals surface area contributed by atoms with E-state index in [0.29, 0.717) is 23.3 Å². The highest BCUT2D eigenvalue weighted by Gasteiger charge is 2.42. The van der Waals surface area contributed by atoms with Gasteiger partial charge in [0.05, 0.1) is 6.10 Å². The van der Waals surface area contributed by atoms with Crippen molar-refractivity contribution in [3.05, 3.63) is 118 Å². The Kier molecular flexibility index (Phi) is 8.38. The van der Waals surface area contributed by atoms with Crippen LogP contribution in [0.25, 0.3) is 22.3 Å². The fourth-order valence-electron chi connectivity index (χ4n) is 6.84.